The first-order valence-corrected chi connectivity index (χ1v) is 17.9. The second kappa shape index (κ2) is 16.5. The Morgan fingerprint density at radius 3 is 2.13 bits per heavy atom. The predicted molar refractivity (Wildman–Crippen MR) is 191 cm³/mol. The Labute approximate surface area is 292 Å². The number of unbranched alkanes of at least 4 members (excludes halogenated alkanes) is 1. The first-order chi connectivity index (χ1) is 22.4. The SMILES string of the molecule is CCCCNC(=O)C(Cc1ccccc1)N(Cc1c(Cl)cccc1Cl)C(=O)CN(c1ccc(Cl)cc1C)S(=O)(=O)c1ccc(C)cc1. The average Bonchev–Trinajstić information content (AvgIpc) is 3.03. The minimum Gasteiger partial charge on any atom is -0.354 e. The fourth-order valence-corrected chi connectivity index (χ4v) is 7.39. The molecule has 7 nitrogen and oxygen atoms in total. The lowest BCUT2D eigenvalue weighted by Crippen LogP contribution is -2.53. The van der Waals surface area contributed by atoms with E-state index in [9.17, 15) is 18.0 Å². The molecule has 0 aliphatic heterocycles. The lowest BCUT2D eigenvalue weighted by molar-refractivity contribution is -0.140. The predicted octanol–water partition coefficient (Wildman–Crippen LogP) is 8.02. The number of anilines is 1. The highest BCUT2D eigenvalue weighted by Gasteiger charge is 2.35. The zero-order valence-corrected chi connectivity index (χ0v) is 29.6. The summed E-state index contributed by atoms with van der Waals surface area (Å²) in [6.07, 6.45) is 1.80. The van der Waals surface area contributed by atoms with Crippen LogP contribution >= 0.6 is 34.8 Å². The fourth-order valence-electron chi connectivity index (χ4n) is 5.16. The van der Waals surface area contributed by atoms with E-state index in [0.717, 1.165) is 28.3 Å². The Kier molecular flexibility index (Phi) is 12.7. The summed E-state index contributed by atoms with van der Waals surface area (Å²) in [5.74, 6) is -0.980. The quantitative estimate of drug-likeness (QED) is 0.134. The summed E-state index contributed by atoms with van der Waals surface area (Å²) in [7, 11) is -4.26. The lowest BCUT2D eigenvalue weighted by Gasteiger charge is -2.34. The molecule has 0 fully saturated rings. The van der Waals surface area contributed by atoms with Crippen LogP contribution < -0.4 is 9.62 Å². The van der Waals surface area contributed by atoms with Gasteiger partial charge in [-0.1, -0.05) is 102 Å². The molecule has 4 aromatic rings. The molecule has 1 N–H and O–H groups in total. The summed E-state index contributed by atoms with van der Waals surface area (Å²) < 4.78 is 29.6. The zero-order valence-electron chi connectivity index (χ0n) is 26.5. The van der Waals surface area contributed by atoms with Gasteiger partial charge < -0.3 is 10.2 Å². The van der Waals surface area contributed by atoms with Gasteiger partial charge in [0.1, 0.15) is 12.6 Å². The van der Waals surface area contributed by atoms with Crippen LogP contribution in [0.1, 0.15) is 42.0 Å². The maximum atomic E-state index is 14.7. The van der Waals surface area contributed by atoms with E-state index in [1.165, 1.54) is 17.0 Å². The molecule has 0 radical (unpaired) electrons. The van der Waals surface area contributed by atoms with E-state index in [4.69, 9.17) is 34.8 Å². The number of aryl methyl sites for hydroxylation is 2. The summed E-state index contributed by atoms with van der Waals surface area (Å²) in [4.78, 5) is 30.0. The number of carbonyl (C=O) groups excluding carboxylic acids is 2. The number of hydrogen-bond acceptors (Lipinski definition) is 4. The molecule has 248 valence electrons. The molecule has 1 atom stereocenters. The molecule has 2 amide bonds. The third kappa shape index (κ3) is 9.29. The second-order valence-corrected chi connectivity index (χ2v) is 14.4. The van der Waals surface area contributed by atoms with Gasteiger partial charge in [0.2, 0.25) is 11.8 Å². The van der Waals surface area contributed by atoms with Gasteiger partial charge in [0.15, 0.2) is 0 Å². The van der Waals surface area contributed by atoms with Crippen LogP contribution in [0.25, 0.3) is 0 Å². The van der Waals surface area contributed by atoms with Crippen LogP contribution in [0.5, 0.6) is 0 Å². The van der Waals surface area contributed by atoms with E-state index in [2.05, 4.69) is 5.32 Å². The van der Waals surface area contributed by atoms with Gasteiger partial charge in [0, 0.05) is 40.1 Å². The number of halogens is 3. The monoisotopic (exact) mass is 713 g/mol. The van der Waals surface area contributed by atoms with E-state index < -0.39 is 28.5 Å². The highest BCUT2D eigenvalue weighted by molar-refractivity contribution is 7.92. The molecule has 0 saturated carbocycles. The standard InChI is InChI=1S/C36H38Cl3N3O4S/c1-4-5-20-40-36(44)34(22-27-10-7-6-8-11-27)41(23-30-31(38)12-9-13-32(30)39)35(43)24-42(33-19-16-28(37)21-26(33)3)47(45,46)29-17-14-25(2)15-18-29/h6-19,21,34H,4-5,20,22-24H2,1-3H3,(H,40,44). The van der Waals surface area contributed by atoms with Crippen molar-refractivity contribution in [2.24, 2.45) is 0 Å². The summed E-state index contributed by atoms with van der Waals surface area (Å²) in [5.41, 5.74) is 2.99. The van der Waals surface area contributed by atoms with E-state index in [0.29, 0.717) is 32.7 Å². The number of rotatable bonds is 14. The smallest absolute Gasteiger partial charge is 0.264 e. The molecule has 0 aromatic heterocycles. The van der Waals surface area contributed by atoms with Crippen LogP contribution in [0.15, 0.2) is 95.9 Å². The number of benzene rings is 4. The lowest BCUT2D eigenvalue weighted by atomic mass is 10.0. The van der Waals surface area contributed by atoms with Gasteiger partial charge in [-0.05, 0) is 73.9 Å². The molecule has 0 heterocycles. The fraction of sp³-hybridized carbons (Fsp3) is 0.278. The van der Waals surface area contributed by atoms with E-state index in [1.54, 1.807) is 55.5 Å². The molecular weight excluding hydrogens is 677 g/mol. The molecule has 0 aliphatic carbocycles. The van der Waals surface area contributed by atoms with Crippen molar-refractivity contribution in [3.63, 3.8) is 0 Å². The summed E-state index contributed by atoms with van der Waals surface area (Å²) in [5, 5.41) is 4.03. The molecule has 0 bridgehead atoms. The van der Waals surface area contributed by atoms with Crippen LogP contribution in [0.3, 0.4) is 0 Å². The van der Waals surface area contributed by atoms with E-state index in [-0.39, 0.29) is 29.5 Å². The molecule has 47 heavy (non-hydrogen) atoms. The van der Waals surface area contributed by atoms with Crippen LogP contribution in [0.4, 0.5) is 5.69 Å². The van der Waals surface area contributed by atoms with Gasteiger partial charge in [-0.2, -0.15) is 0 Å². The average molecular weight is 715 g/mol. The maximum Gasteiger partial charge on any atom is 0.264 e. The largest absolute Gasteiger partial charge is 0.354 e. The Bertz CT molecular complexity index is 1780. The Morgan fingerprint density at radius 2 is 1.51 bits per heavy atom. The van der Waals surface area contributed by atoms with Crippen LogP contribution in [-0.2, 0) is 32.6 Å². The topological polar surface area (TPSA) is 86.8 Å². The number of nitrogens with one attached hydrogen (secondary N) is 1. The number of nitrogens with zero attached hydrogens (tertiary/aromatic N) is 2. The van der Waals surface area contributed by atoms with Crippen molar-refractivity contribution in [2.45, 2.75) is 57.5 Å². The summed E-state index contributed by atoms with van der Waals surface area (Å²) in [6, 6.07) is 24.5. The second-order valence-electron chi connectivity index (χ2n) is 11.3. The van der Waals surface area contributed by atoms with Gasteiger partial charge in [0.25, 0.3) is 10.0 Å². The van der Waals surface area contributed by atoms with Crippen molar-refractivity contribution in [2.75, 3.05) is 17.4 Å². The molecule has 0 aliphatic rings. The van der Waals surface area contributed by atoms with Crippen molar-refractivity contribution < 1.29 is 18.0 Å². The maximum absolute atomic E-state index is 14.7. The number of carbonyl (C=O) groups is 2. The van der Waals surface area contributed by atoms with Crippen molar-refractivity contribution in [1.82, 2.24) is 10.2 Å². The molecule has 4 rings (SSSR count). The number of sulfonamides is 1. The minimum atomic E-state index is -4.26. The third-order valence-corrected chi connectivity index (χ3v) is 10.5. The molecular formula is C36H38Cl3N3O4S. The van der Waals surface area contributed by atoms with Crippen molar-refractivity contribution in [1.29, 1.82) is 0 Å². The van der Waals surface area contributed by atoms with Gasteiger partial charge in [-0.25, -0.2) is 8.42 Å². The van der Waals surface area contributed by atoms with Crippen molar-refractivity contribution in [3.05, 3.63) is 128 Å². The van der Waals surface area contributed by atoms with Crippen molar-refractivity contribution >= 4 is 62.3 Å². The molecule has 1 unspecified atom stereocenters. The van der Waals surface area contributed by atoms with Gasteiger partial charge >= 0.3 is 0 Å². The van der Waals surface area contributed by atoms with Crippen LogP contribution in [0, 0.1) is 13.8 Å². The third-order valence-electron chi connectivity index (χ3n) is 7.81. The van der Waals surface area contributed by atoms with E-state index in [1.807, 2.05) is 44.2 Å². The highest BCUT2D eigenvalue weighted by atomic mass is 35.5. The van der Waals surface area contributed by atoms with Gasteiger partial charge in [0.05, 0.1) is 10.6 Å². The molecule has 4 aromatic carbocycles. The normalized spacial score (nSPS) is 12.0. The summed E-state index contributed by atoms with van der Waals surface area (Å²) in [6.45, 7) is 5.29. The van der Waals surface area contributed by atoms with Crippen molar-refractivity contribution in [3.8, 4) is 0 Å². The van der Waals surface area contributed by atoms with Crippen LogP contribution in [-0.4, -0.2) is 44.3 Å². The highest BCUT2D eigenvalue weighted by Crippen LogP contribution is 2.31. The van der Waals surface area contributed by atoms with E-state index >= 15 is 0 Å². The molecule has 11 heteroatoms. The Hall–Kier alpha value is -3.56. The Balaban J connectivity index is 1.85. The number of amides is 2. The first kappa shape index (κ1) is 36.3. The summed E-state index contributed by atoms with van der Waals surface area (Å²) >= 11 is 19.4. The van der Waals surface area contributed by atoms with Crippen LogP contribution in [0.2, 0.25) is 15.1 Å². The molecule has 0 saturated heterocycles. The minimum absolute atomic E-state index is 0.0177. The molecule has 0 spiro atoms. The van der Waals surface area contributed by atoms with Gasteiger partial charge in [-0.15, -0.1) is 0 Å². The first-order valence-electron chi connectivity index (χ1n) is 15.3. The Morgan fingerprint density at radius 1 is 0.851 bits per heavy atom. The van der Waals surface area contributed by atoms with Gasteiger partial charge in [-0.3, -0.25) is 13.9 Å². The number of hydrogen-bond donors (Lipinski definition) is 1. The zero-order chi connectivity index (χ0) is 34.1.